The standard InChI is InChI=1S/C9H10AsFNO3S/c1-16(14,15)10-7-3-2-6(4-8(7)11)5-9(12)13/h2-4H,5H2,1H3,(H2,12,13). The molecule has 0 aromatic heterocycles. The van der Waals surface area contributed by atoms with Crippen LogP contribution in [0.1, 0.15) is 5.56 Å². The summed E-state index contributed by atoms with van der Waals surface area (Å²) >= 11 is -1.24. The number of hydrogen-bond donors (Lipinski definition) is 1. The van der Waals surface area contributed by atoms with Crippen molar-refractivity contribution in [1.82, 2.24) is 0 Å². The molecule has 0 atom stereocenters. The van der Waals surface area contributed by atoms with E-state index in [4.69, 9.17) is 5.73 Å². The van der Waals surface area contributed by atoms with Crippen molar-refractivity contribution in [1.29, 1.82) is 0 Å². The topological polar surface area (TPSA) is 77.2 Å². The van der Waals surface area contributed by atoms with Crippen LogP contribution < -0.4 is 10.1 Å². The van der Waals surface area contributed by atoms with Crippen molar-refractivity contribution in [2.45, 2.75) is 6.42 Å². The van der Waals surface area contributed by atoms with E-state index in [9.17, 15) is 17.6 Å². The van der Waals surface area contributed by atoms with Gasteiger partial charge in [0.15, 0.2) is 0 Å². The first-order valence-corrected chi connectivity index (χ1v) is 9.36. The Balaban J connectivity index is 2.96. The molecule has 0 aliphatic heterocycles. The van der Waals surface area contributed by atoms with E-state index in [1.807, 2.05) is 0 Å². The van der Waals surface area contributed by atoms with Crippen molar-refractivity contribution in [2.75, 3.05) is 6.26 Å². The van der Waals surface area contributed by atoms with Gasteiger partial charge in [0.2, 0.25) is 0 Å². The summed E-state index contributed by atoms with van der Waals surface area (Å²) < 4.78 is 35.7. The van der Waals surface area contributed by atoms with Crippen LogP contribution in [0.3, 0.4) is 0 Å². The molecule has 2 N–H and O–H groups in total. The van der Waals surface area contributed by atoms with E-state index in [1.165, 1.54) is 12.1 Å². The van der Waals surface area contributed by atoms with Crippen LogP contribution in [0.2, 0.25) is 0 Å². The summed E-state index contributed by atoms with van der Waals surface area (Å²) in [6, 6.07) is 4.07. The van der Waals surface area contributed by atoms with Crippen molar-refractivity contribution in [3.63, 3.8) is 0 Å². The van der Waals surface area contributed by atoms with Gasteiger partial charge in [-0.15, -0.1) is 0 Å². The molecule has 1 aromatic rings. The van der Waals surface area contributed by atoms with Crippen molar-refractivity contribution in [3.8, 4) is 0 Å². The maximum absolute atomic E-state index is 13.4. The van der Waals surface area contributed by atoms with Crippen LogP contribution in [0.5, 0.6) is 0 Å². The van der Waals surface area contributed by atoms with E-state index in [-0.39, 0.29) is 10.8 Å². The molecule has 4 nitrogen and oxygen atoms in total. The summed E-state index contributed by atoms with van der Waals surface area (Å²) in [5.41, 5.74) is 5.41. The summed E-state index contributed by atoms with van der Waals surface area (Å²) in [5, 5.41) is 0. The van der Waals surface area contributed by atoms with Gasteiger partial charge in [0.1, 0.15) is 0 Å². The number of nitrogens with two attached hydrogens (primary N) is 1. The summed E-state index contributed by atoms with van der Waals surface area (Å²) in [6.45, 7) is 0. The average Bonchev–Trinajstić information content (AvgIpc) is 2.06. The summed E-state index contributed by atoms with van der Waals surface area (Å²) in [4.78, 5) is 10.6. The second-order valence-electron chi connectivity index (χ2n) is 3.25. The van der Waals surface area contributed by atoms with Gasteiger partial charge in [0, 0.05) is 0 Å². The Morgan fingerprint density at radius 1 is 1.50 bits per heavy atom. The Hall–Kier alpha value is -0.872. The molecule has 0 bridgehead atoms. The van der Waals surface area contributed by atoms with Gasteiger partial charge in [0.25, 0.3) is 0 Å². The number of primary amides is 1. The number of rotatable bonds is 4. The molecular formula is C9H10AsFNO3S. The molecule has 0 aliphatic rings. The molecule has 0 saturated heterocycles. The fourth-order valence-corrected chi connectivity index (χ4v) is 5.09. The van der Waals surface area contributed by atoms with Crippen LogP contribution in [0.25, 0.3) is 0 Å². The Labute approximate surface area is 98.6 Å². The van der Waals surface area contributed by atoms with Crippen LogP contribution in [-0.4, -0.2) is 35.2 Å². The predicted molar refractivity (Wildman–Crippen MR) is 59.5 cm³/mol. The van der Waals surface area contributed by atoms with E-state index in [0.29, 0.717) is 5.56 Å². The maximum atomic E-state index is 13.4. The molecule has 0 fully saturated rings. The van der Waals surface area contributed by atoms with Crippen molar-refractivity contribution in [3.05, 3.63) is 29.6 Å². The molecule has 0 aliphatic carbocycles. The second-order valence-corrected chi connectivity index (χ2v) is 11.2. The zero-order valence-corrected chi connectivity index (χ0v) is 11.2. The van der Waals surface area contributed by atoms with Crippen LogP contribution >= 0.6 is 0 Å². The van der Waals surface area contributed by atoms with Crippen LogP contribution in [-0.2, 0) is 19.3 Å². The molecule has 87 valence electrons. The molecular weight excluding hydrogens is 296 g/mol. The van der Waals surface area contributed by atoms with Gasteiger partial charge in [-0.3, -0.25) is 0 Å². The Morgan fingerprint density at radius 2 is 2.12 bits per heavy atom. The minimum atomic E-state index is -3.17. The first-order chi connectivity index (χ1) is 7.28. The molecule has 0 saturated carbocycles. The summed E-state index contributed by atoms with van der Waals surface area (Å²) in [7, 11) is -3.17. The number of hydrogen-bond acceptors (Lipinski definition) is 3. The molecule has 0 spiro atoms. The van der Waals surface area contributed by atoms with Gasteiger partial charge in [0.05, 0.1) is 0 Å². The van der Waals surface area contributed by atoms with Gasteiger partial charge in [-0.2, -0.15) is 0 Å². The molecule has 0 unspecified atom stereocenters. The van der Waals surface area contributed by atoms with Crippen LogP contribution in [0.4, 0.5) is 4.39 Å². The number of halogens is 1. The van der Waals surface area contributed by atoms with Gasteiger partial charge in [-0.25, -0.2) is 0 Å². The first-order valence-electron chi connectivity index (χ1n) is 4.27. The average molecular weight is 306 g/mol. The normalized spacial score (nSPS) is 12.1. The van der Waals surface area contributed by atoms with E-state index in [1.54, 1.807) is 0 Å². The predicted octanol–water partition coefficient (Wildman–Crippen LogP) is -0.857. The molecule has 1 radical (unpaired) electrons. The number of benzene rings is 1. The summed E-state index contributed by atoms with van der Waals surface area (Å²) in [5.74, 6) is -1.15. The number of amides is 1. The first kappa shape index (κ1) is 13.2. The van der Waals surface area contributed by atoms with E-state index in [2.05, 4.69) is 0 Å². The molecule has 1 rings (SSSR count). The van der Waals surface area contributed by atoms with Gasteiger partial charge in [-0.05, 0) is 0 Å². The van der Waals surface area contributed by atoms with Gasteiger partial charge >= 0.3 is 98.5 Å². The van der Waals surface area contributed by atoms with Crippen molar-refractivity contribution >= 4 is 33.0 Å². The minimum absolute atomic E-state index is 0.0490. The third-order valence-electron chi connectivity index (χ3n) is 1.65. The fraction of sp³-hybridized carbons (Fsp3) is 0.222. The fourth-order valence-electron chi connectivity index (χ4n) is 1.11. The van der Waals surface area contributed by atoms with Crippen LogP contribution in [0, 0.1) is 5.82 Å². The van der Waals surface area contributed by atoms with Crippen molar-refractivity contribution < 1.29 is 17.6 Å². The molecule has 0 heterocycles. The monoisotopic (exact) mass is 306 g/mol. The van der Waals surface area contributed by atoms with E-state index >= 15 is 0 Å². The second kappa shape index (κ2) is 4.97. The van der Waals surface area contributed by atoms with Crippen LogP contribution in [0.15, 0.2) is 18.2 Å². The quantitative estimate of drug-likeness (QED) is 0.736. The summed E-state index contributed by atoms with van der Waals surface area (Å²) in [6.07, 6.45) is 1.02. The third-order valence-corrected chi connectivity index (χ3v) is 6.27. The zero-order valence-electron chi connectivity index (χ0n) is 8.47. The van der Waals surface area contributed by atoms with Crippen molar-refractivity contribution in [2.24, 2.45) is 5.73 Å². The zero-order chi connectivity index (χ0) is 12.3. The Kier molecular flexibility index (Phi) is 4.10. The Bertz CT molecular complexity index is 515. The number of carbonyl (C=O) groups excluding carboxylic acids is 1. The van der Waals surface area contributed by atoms with Gasteiger partial charge in [-0.1, -0.05) is 0 Å². The molecule has 1 aromatic carbocycles. The molecule has 7 heteroatoms. The molecule has 1 amide bonds. The van der Waals surface area contributed by atoms with E-state index in [0.717, 1.165) is 12.3 Å². The Morgan fingerprint density at radius 3 is 2.56 bits per heavy atom. The molecule has 16 heavy (non-hydrogen) atoms. The van der Waals surface area contributed by atoms with Gasteiger partial charge < -0.3 is 0 Å². The van der Waals surface area contributed by atoms with E-state index < -0.39 is 34.4 Å². The number of carbonyl (C=O) groups is 1. The third kappa shape index (κ3) is 4.33. The SMILES string of the molecule is CS(=O)(=O)[As]c1ccc(CC(N)=O)cc1F.